The van der Waals surface area contributed by atoms with Gasteiger partial charge in [-0.2, -0.15) is 0 Å². The summed E-state index contributed by atoms with van der Waals surface area (Å²) in [6, 6.07) is -0.350. The summed E-state index contributed by atoms with van der Waals surface area (Å²) in [6.07, 6.45) is -8.26. The Morgan fingerprint density at radius 3 is 2.44 bits per heavy atom. The fraction of sp³-hybridized carbons (Fsp3) is 0.833. The fourth-order valence-electron chi connectivity index (χ4n) is 3.95. The van der Waals surface area contributed by atoms with E-state index in [2.05, 4.69) is 25.0 Å². The van der Waals surface area contributed by atoms with Crippen molar-refractivity contribution in [3.63, 3.8) is 0 Å². The number of hydrogen-bond acceptors (Lipinski definition) is 7. The largest absolute Gasteiger partial charge is 0.523 e. The molecule has 14 heteroatoms. The minimum atomic E-state index is -4.83. The van der Waals surface area contributed by atoms with Gasteiger partial charge in [0.15, 0.2) is 5.60 Å². The molecule has 2 heterocycles. The molecule has 0 bridgehead atoms. The molecule has 1 aromatic heterocycles. The average Bonchev–Trinajstić information content (AvgIpc) is 3.29. The minimum absolute atomic E-state index is 0.0355. The molecule has 1 aromatic rings. The van der Waals surface area contributed by atoms with E-state index in [1.807, 2.05) is 0 Å². The van der Waals surface area contributed by atoms with Gasteiger partial charge in [0.2, 0.25) is 17.7 Å². The average molecular weight is 473 g/mol. The van der Waals surface area contributed by atoms with Gasteiger partial charge in [-0.25, -0.2) is 0 Å². The third-order valence-corrected chi connectivity index (χ3v) is 5.92. The number of hydrogen-bond donors (Lipinski definition) is 1. The normalized spacial score (nSPS) is 29.9. The molecular formula is C18H21F6N3O5. The van der Waals surface area contributed by atoms with Crippen LogP contribution in [0.2, 0.25) is 0 Å². The van der Waals surface area contributed by atoms with Gasteiger partial charge in [0, 0.05) is 5.92 Å². The first-order valence-electron chi connectivity index (χ1n) is 10.2. The number of nitrogens with zero attached hydrogens (tertiary/aromatic N) is 2. The van der Waals surface area contributed by atoms with Crippen LogP contribution in [0.4, 0.5) is 26.3 Å². The second kappa shape index (κ2) is 8.45. The van der Waals surface area contributed by atoms with Crippen molar-refractivity contribution in [3.05, 3.63) is 11.8 Å². The van der Waals surface area contributed by atoms with Crippen LogP contribution in [0.3, 0.4) is 0 Å². The Labute approximate surface area is 178 Å². The summed E-state index contributed by atoms with van der Waals surface area (Å²) >= 11 is 0. The van der Waals surface area contributed by atoms with Gasteiger partial charge in [-0.1, -0.05) is 0 Å². The Bertz CT molecular complexity index is 817. The summed E-state index contributed by atoms with van der Waals surface area (Å²) in [5.41, 5.74) is -1.66. The molecule has 1 N–H and O–H groups in total. The standard InChI is InChI=1S/C18H21F6N3O5/c19-17(20,21)30-7-9-6-11(9)13(28)25-10-2-3-12(29-8-10)14-26-27-15(31-14)16(4-1-5-16)32-18(22,23)24/h9-12H,1-8H2,(H,25,28)/t9-,10+,11+,12-/m0/s1. The zero-order valence-corrected chi connectivity index (χ0v) is 16.7. The van der Waals surface area contributed by atoms with Crippen molar-refractivity contribution >= 4 is 5.91 Å². The van der Waals surface area contributed by atoms with Gasteiger partial charge < -0.3 is 14.5 Å². The van der Waals surface area contributed by atoms with Crippen molar-refractivity contribution in [2.75, 3.05) is 13.2 Å². The number of halogens is 6. The molecule has 2 saturated carbocycles. The van der Waals surface area contributed by atoms with Crippen molar-refractivity contribution in [3.8, 4) is 0 Å². The molecule has 2 aliphatic carbocycles. The van der Waals surface area contributed by atoms with E-state index in [-0.39, 0.29) is 43.2 Å². The van der Waals surface area contributed by atoms with Crippen LogP contribution in [0.5, 0.6) is 0 Å². The van der Waals surface area contributed by atoms with Crippen LogP contribution in [0, 0.1) is 11.8 Å². The molecule has 3 fully saturated rings. The van der Waals surface area contributed by atoms with Crippen LogP contribution in [0.25, 0.3) is 0 Å². The van der Waals surface area contributed by atoms with Crippen LogP contribution >= 0.6 is 0 Å². The number of carbonyl (C=O) groups is 1. The molecule has 180 valence electrons. The summed E-state index contributed by atoms with van der Waals surface area (Å²) in [5.74, 6) is -1.56. The number of aromatic nitrogens is 2. The van der Waals surface area contributed by atoms with Gasteiger partial charge in [0.05, 0.1) is 19.3 Å². The first-order valence-corrected chi connectivity index (χ1v) is 10.2. The van der Waals surface area contributed by atoms with Crippen LogP contribution in [-0.2, 0) is 24.6 Å². The van der Waals surface area contributed by atoms with Crippen LogP contribution in [0.1, 0.15) is 56.4 Å². The lowest BCUT2D eigenvalue weighted by Crippen LogP contribution is -2.42. The lowest BCUT2D eigenvalue weighted by atomic mass is 9.80. The second-order valence-corrected chi connectivity index (χ2v) is 8.30. The monoisotopic (exact) mass is 473 g/mol. The predicted octanol–water partition coefficient (Wildman–Crippen LogP) is 3.49. The maximum Gasteiger partial charge on any atom is 0.523 e. The zero-order chi connectivity index (χ0) is 23.1. The zero-order valence-electron chi connectivity index (χ0n) is 16.7. The van der Waals surface area contributed by atoms with E-state index < -0.39 is 42.9 Å². The SMILES string of the molecule is O=C(N[C@@H]1CC[C@@H](c2nnc(C3(OC(F)(F)F)CCC3)o2)OC1)[C@@H]1C[C@H]1COC(F)(F)F. The molecule has 3 aliphatic rings. The smallest absolute Gasteiger partial charge is 0.419 e. The second-order valence-electron chi connectivity index (χ2n) is 8.30. The Kier molecular flexibility index (Phi) is 6.13. The molecule has 4 rings (SSSR count). The number of alkyl halides is 6. The van der Waals surface area contributed by atoms with Gasteiger partial charge in [0.1, 0.15) is 6.10 Å². The quantitative estimate of drug-likeness (QED) is 0.606. The molecule has 32 heavy (non-hydrogen) atoms. The Morgan fingerprint density at radius 2 is 1.88 bits per heavy atom. The third-order valence-electron chi connectivity index (χ3n) is 5.92. The van der Waals surface area contributed by atoms with E-state index >= 15 is 0 Å². The number of rotatable bonds is 7. The van der Waals surface area contributed by atoms with E-state index in [1.165, 1.54) is 0 Å². The molecule has 4 atom stereocenters. The maximum absolute atomic E-state index is 12.7. The van der Waals surface area contributed by atoms with Crippen molar-refractivity contribution in [2.24, 2.45) is 11.8 Å². The highest BCUT2D eigenvalue weighted by Gasteiger charge is 2.53. The molecular weight excluding hydrogens is 452 g/mol. The molecule has 1 saturated heterocycles. The molecule has 1 aliphatic heterocycles. The van der Waals surface area contributed by atoms with Gasteiger partial charge in [-0.15, -0.1) is 36.5 Å². The number of amides is 1. The highest BCUT2D eigenvalue weighted by atomic mass is 19.4. The Hall–Kier alpha value is -1.93. The minimum Gasteiger partial charge on any atom is -0.419 e. The van der Waals surface area contributed by atoms with E-state index in [0.29, 0.717) is 25.7 Å². The topological polar surface area (TPSA) is 95.7 Å². The van der Waals surface area contributed by atoms with Crippen molar-refractivity contribution in [2.45, 2.75) is 69.0 Å². The summed E-state index contributed by atoms with van der Waals surface area (Å²) in [5, 5.41) is 10.3. The lowest BCUT2D eigenvalue weighted by Gasteiger charge is -2.38. The molecule has 0 aromatic carbocycles. The maximum atomic E-state index is 12.7. The van der Waals surface area contributed by atoms with E-state index in [1.54, 1.807) is 0 Å². The van der Waals surface area contributed by atoms with Crippen LogP contribution < -0.4 is 5.32 Å². The van der Waals surface area contributed by atoms with E-state index in [9.17, 15) is 31.1 Å². The summed E-state index contributed by atoms with van der Waals surface area (Å²) in [6.45, 7) is -0.460. The fourth-order valence-corrected chi connectivity index (χ4v) is 3.95. The van der Waals surface area contributed by atoms with Gasteiger partial charge in [-0.3, -0.25) is 14.3 Å². The first kappa shape index (κ1) is 23.2. The van der Waals surface area contributed by atoms with E-state index in [4.69, 9.17) is 9.15 Å². The highest BCUT2D eigenvalue weighted by molar-refractivity contribution is 5.81. The predicted molar refractivity (Wildman–Crippen MR) is 90.4 cm³/mol. The summed E-state index contributed by atoms with van der Waals surface area (Å²) in [7, 11) is 0. The molecule has 0 radical (unpaired) electrons. The molecule has 0 unspecified atom stereocenters. The molecule has 1 amide bonds. The van der Waals surface area contributed by atoms with Crippen molar-refractivity contribution in [1.29, 1.82) is 0 Å². The first-order chi connectivity index (χ1) is 14.9. The van der Waals surface area contributed by atoms with Crippen molar-refractivity contribution < 1.29 is 49.8 Å². The third kappa shape index (κ3) is 5.52. The van der Waals surface area contributed by atoms with Crippen LogP contribution in [0.15, 0.2) is 4.42 Å². The Balaban J connectivity index is 1.24. The summed E-state index contributed by atoms with van der Waals surface area (Å²) < 4.78 is 93.4. The summed E-state index contributed by atoms with van der Waals surface area (Å²) in [4.78, 5) is 12.2. The number of carbonyl (C=O) groups excluding carboxylic acids is 1. The van der Waals surface area contributed by atoms with E-state index in [0.717, 1.165) is 0 Å². The van der Waals surface area contributed by atoms with Gasteiger partial charge >= 0.3 is 12.7 Å². The highest BCUT2D eigenvalue weighted by Crippen LogP contribution is 2.48. The molecule has 8 nitrogen and oxygen atoms in total. The van der Waals surface area contributed by atoms with Crippen LogP contribution in [-0.4, -0.2) is 48.1 Å². The lowest BCUT2D eigenvalue weighted by molar-refractivity contribution is -0.387. The van der Waals surface area contributed by atoms with Gasteiger partial charge in [-0.05, 0) is 44.4 Å². The number of ether oxygens (including phenoxy) is 3. The van der Waals surface area contributed by atoms with Crippen molar-refractivity contribution in [1.82, 2.24) is 15.5 Å². The molecule has 0 spiro atoms. The Morgan fingerprint density at radius 1 is 1.12 bits per heavy atom. The number of nitrogens with one attached hydrogen (secondary N) is 1. The van der Waals surface area contributed by atoms with Gasteiger partial charge in [0.25, 0.3) is 0 Å².